The summed E-state index contributed by atoms with van der Waals surface area (Å²) in [5.41, 5.74) is 6.59. The fraction of sp³-hybridized carbons (Fsp3) is 0.529. The van der Waals surface area contributed by atoms with Gasteiger partial charge < -0.3 is 10.5 Å². The van der Waals surface area contributed by atoms with Crippen molar-refractivity contribution >= 4 is 17.5 Å². The zero-order chi connectivity index (χ0) is 17.2. The van der Waals surface area contributed by atoms with E-state index in [1.54, 1.807) is 12.1 Å². The lowest BCUT2D eigenvalue weighted by Crippen LogP contribution is -2.63. The molecule has 0 bridgehead atoms. The second-order valence-corrected chi connectivity index (χ2v) is 6.79. The Kier molecular flexibility index (Phi) is 5.07. The molecule has 2 saturated heterocycles. The van der Waals surface area contributed by atoms with Gasteiger partial charge in [0.15, 0.2) is 0 Å². The van der Waals surface area contributed by atoms with Gasteiger partial charge in [0.25, 0.3) is 0 Å². The van der Waals surface area contributed by atoms with E-state index in [4.69, 9.17) is 27.3 Å². The van der Waals surface area contributed by atoms with Crippen molar-refractivity contribution in [2.24, 2.45) is 5.73 Å². The van der Waals surface area contributed by atoms with Crippen molar-refractivity contribution in [1.82, 2.24) is 9.80 Å². The number of carbonyl (C=O) groups excluding carboxylic acids is 1. The molecular weight excluding hydrogens is 328 g/mol. The second kappa shape index (κ2) is 7.08. The predicted octanol–water partition coefficient (Wildman–Crippen LogP) is 0.974. The molecule has 1 atom stereocenters. The molecule has 2 heterocycles. The molecule has 0 radical (unpaired) electrons. The van der Waals surface area contributed by atoms with Crippen LogP contribution in [0, 0.1) is 11.3 Å². The first kappa shape index (κ1) is 17.2. The van der Waals surface area contributed by atoms with E-state index >= 15 is 0 Å². The molecule has 1 aromatic rings. The highest BCUT2D eigenvalue weighted by molar-refractivity contribution is 6.31. The van der Waals surface area contributed by atoms with Gasteiger partial charge in [0.1, 0.15) is 5.54 Å². The first-order valence-corrected chi connectivity index (χ1v) is 8.46. The fourth-order valence-electron chi connectivity index (χ4n) is 3.47. The molecule has 0 spiro atoms. The molecule has 2 aliphatic heterocycles. The van der Waals surface area contributed by atoms with Crippen molar-refractivity contribution in [2.45, 2.75) is 18.5 Å². The minimum absolute atomic E-state index is 0.288. The molecule has 1 aromatic carbocycles. The first-order valence-electron chi connectivity index (χ1n) is 8.09. The summed E-state index contributed by atoms with van der Waals surface area (Å²) >= 11 is 6.26. The van der Waals surface area contributed by atoms with Gasteiger partial charge in [-0.15, -0.1) is 0 Å². The van der Waals surface area contributed by atoms with E-state index in [-0.39, 0.29) is 5.91 Å². The van der Waals surface area contributed by atoms with Gasteiger partial charge >= 0.3 is 0 Å². The molecule has 24 heavy (non-hydrogen) atoms. The minimum Gasteiger partial charge on any atom is -0.379 e. The Morgan fingerprint density at radius 2 is 2.12 bits per heavy atom. The number of rotatable bonds is 4. The van der Waals surface area contributed by atoms with E-state index in [0.717, 1.165) is 38.3 Å². The van der Waals surface area contributed by atoms with Gasteiger partial charge in [-0.3, -0.25) is 14.6 Å². The SMILES string of the molecule is N#Cc1ccc(CN2CCN(C3(C(N)=O)CCOC3)CC2)c(Cl)c1. The van der Waals surface area contributed by atoms with E-state index < -0.39 is 5.54 Å². The van der Waals surface area contributed by atoms with Crippen LogP contribution in [0.25, 0.3) is 0 Å². The molecule has 128 valence electrons. The topological polar surface area (TPSA) is 82.6 Å². The summed E-state index contributed by atoms with van der Waals surface area (Å²) in [6.45, 7) is 4.95. The smallest absolute Gasteiger partial charge is 0.240 e. The maximum Gasteiger partial charge on any atom is 0.240 e. The standard InChI is InChI=1S/C17H21ClN4O2/c18-15-9-13(10-19)1-2-14(15)11-21-4-6-22(7-5-21)17(16(20)23)3-8-24-12-17/h1-2,9H,3-8,11-12H2,(H2,20,23). The predicted molar refractivity (Wildman–Crippen MR) is 90.4 cm³/mol. The van der Waals surface area contributed by atoms with Gasteiger partial charge in [-0.1, -0.05) is 17.7 Å². The second-order valence-electron chi connectivity index (χ2n) is 6.38. The third kappa shape index (κ3) is 3.26. The number of piperazine rings is 1. The lowest BCUT2D eigenvalue weighted by atomic mass is 9.94. The Labute approximate surface area is 146 Å². The van der Waals surface area contributed by atoms with Gasteiger partial charge in [-0.2, -0.15) is 5.26 Å². The summed E-state index contributed by atoms with van der Waals surface area (Å²) in [6.07, 6.45) is 0.670. The van der Waals surface area contributed by atoms with Crippen LogP contribution in [0.15, 0.2) is 18.2 Å². The lowest BCUT2D eigenvalue weighted by molar-refractivity contribution is -0.132. The average Bonchev–Trinajstić information content (AvgIpc) is 3.08. The highest BCUT2D eigenvalue weighted by Crippen LogP contribution is 2.28. The van der Waals surface area contributed by atoms with Crippen LogP contribution in [0.5, 0.6) is 0 Å². The average molecular weight is 349 g/mol. The fourth-order valence-corrected chi connectivity index (χ4v) is 3.71. The van der Waals surface area contributed by atoms with Crippen LogP contribution in [0.2, 0.25) is 5.02 Å². The molecule has 6 nitrogen and oxygen atoms in total. The molecule has 3 rings (SSSR count). The van der Waals surface area contributed by atoms with Crippen molar-refractivity contribution in [2.75, 3.05) is 39.4 Å². The number of nitriles is 1. The van der Waals surface area contributed by atoms with Gasteiger partial charge in [-0.05, 0) is 17.7 Å². The number of primary amides is 1. The molecule has 0 aliphatic carbocycles. The van der Waals surface area contributed by atoms with Crippen LogP contribution in [0.1, 0.15) is 17.5 Å². The monoisotopic (exact) mass is 348 g/mol. The lowest BCUT2D eigenvalue weighted by Gasteiger charge is -2.43. The molecule has 2 aliphatic rings. The van der Waals surface area contributed by atoms with Crippen molar-refractivity contribution in [3.05, 3.63) is 34.3 Å². The number of hydrogen-bond acceptors (Lipinski definition) is 5. The van der Waals surface area contributed by atoms with E-state index in [1.165, 1.54) is 0 Å². The molecule has 0 aromatic heterocycles. The van der Waals surface area contributed by atoms with E-state index in [0.29, 0.717) is 30.2 Å². The maximum atomic E-state index is 11.9. The van der Waals surface area contributed by atoms with E-state index in [2.05, 4.69) is 15.9 Å². The van der Waals surface area contributed by atoms with Gasteiger partial charge in [0.05, 0.1) is 18.2 Å². The van der Waals surface area contributed by atoms with Gasteiger partial charge in [0, 0.05) is 50.8 Å². The van der Waals surface area contributed by atoms with Crippen LogP contribution >= 0.6 is 11.6 Å². The van der Waals surface area contributed by atoms with Crippen LogP contribution < -0.4 is 5.73 Å². The zero-order valence-corrected chi connectivity index (χ0v) is 14.3. The highest BCUT2D eigenvalue weighted by atomic mass is 35.5. The molecular formula is C17H21ClN4O2. The normalized spacial score (nSPS) is 25.5. The molecule has 0 saturated carbocycles. The van der Waals surface area contributed by atoms with Gasteiger partial charge in [-0.25, -0.2) is 0 Å². The summed E-state index contributed by atoms with van der Waals surface area (Å²) in [5, 5.41) is 9.52. The van der Waals surface area contributed by atoms with Crippen LogP contribution in [0.4, 0.5) is 0 Å². The number of halogens is 1. The highest BCUT2D eigenvalue weighted by Gasteiger charge is 2.46. The largest absolute Gasteiger partial charge is 0.379 e. The van der Waals surface area contributed by atoms with Gasteiger partial charge in [0.2, 0.25) is 5.91 Å². The summed E-state index contributed by atoms with van der Waals surface area (Å²) in [4.78, 5) is 16.4. The summed E-state index contributed by atoms with van der Waals surface area (Å²) in [5.74, 6) is -0.288. The third-order valence-corrected chi connectivity index (χ3v) is 5.37. The Morgan fingerprint density at radius 1 is 1.38 bits per heavy atom. The molecule has 2 fully saturated rings. The molecule has 1 unspecified atom stereocenters. The number of nitrogens with zero attached hydrogens (tertiary/aromatic N) is 3. The van der Waals surface area contributed by atoms with Crippen molar-refractivity contribution < 1.29 is 9.53 Å². The number of benzene rings is 1. The summed E-state index contributed by atoms with van der Waals surface area (Å²) in [7, 11) is 0. The maximum absolute atomic E-state index is 11.9. The summed E-state index contributed by atoms with van der Waals surface area (Å²) in [6, 6.07) is 7.48. The number of ether oxygens (including phenoxy) is 1. The van der Waals surface area contributed by atoms with Crippen molar-refractivity contribution in [1.29, 1.82) is 5.26 Å². The van der Waals surface area contributed by atoms with Crippen LogP contribution in [-0.2, 0) is 16.1 Å². The molecule has 7 heteroatoms. The zero-order valence-electron chi connectivity index (χ0n) is 13.5. The Balaban J connectivity index is 1.61. The Morgan fingerprint density at radius 3 is 2.67 bits per heavy atom. The summed E-state index contributed by atoms with van der Waals surface area (Å²) < 4.78 is 5.44. The Hall–Kier alpha value is -1.65. The van der Waals surface area contributed by atoms with Crippen molar-refractivity contribution in [3.63, 3.8) is 0 Å². The molecule has 1 amide bonds. The minimum atomic E-state index is -0.641. The number of hydrogen-bond donors (Lipinski definition) is 1. The molecule has 2 N–H and O–H groups in total. The first-order chi connectivity index (χ1) is 11.5. The van der Waals surface area contributed by atoms with Crippen molar-refractivity contribution in [3.8, 4) is 6.07 Å². The number of nitrogens with two attached hydrogens (primary N) is 1. The van der Waals surface area contributed by atoms with Crippen LogP contribution in [0.3, 0.4) is 0 Å². The van der Waals surface area contributed by atoms with E-state index in [9.17, 15) is 4.79 Å². The third-order valence-electron chi connectivity index (χ3n) is 5.01. The Bertz CT molecular complexity index is 659. The quantitative estimate of drug-likeness (QED) is 0.876. The van der Waals surface area contributed by atoms with Crippen LogP contribution in [-0.4, -0.2) is 60.6 Å². The number of amides is 1. The number of carbonyl (C=O) groups is 1. The van der Waals surface area contributed by atoms with E-state index in [1.807, 2.05) is 6.07 Å².